The van der Waals surface area contributed by atoms with Crippen molar-refractivity contribution >= 4 is 32.4 Å². The molecule has 114 valence electrons. The third kappa shape index (κ3) is 5.65. The Balaban J connectivity index is 2.74. The lowest BCUT2D eigenvalue weighted by Crippen LogP contribution is -2.23. The van der Waals surface area contributed by atoms with E-state index in [0.29, 0.717) is 6.42 Å². The average molecular weight is 413 g/mol. The van der Waals surface area contributed by atoms with Crippen LogP contribution in [0.25, 0.3) is 0 Å². The van der Waals surface area contributed by atoms with Crippen molar-refractivity contribution in [3.05, 3.63) is 33.1 Å². The van der Waals surface area contributed by atoms with Crippen molar-refractivity contribution in [2.75, 3.05) is 18.1 Å². The summed E-state index contributed by atoms with van der Waals surface area (Å²) in [6.07, 6.45) is 1.34. The number of halogens is 2. The van der Waals surface area contributed by atoms with Gasteiger partial charge in [0.15, 0.2) is 0 Å². The standard InChI is InChI=1S/C14H21FINO2S/c1-3-17-14(6-5-9-20(18,19)4-2)12-8-7-11(15)10-13(12)16/h7-8,10,14,17H,3-6,9H2,1-2H3. The summed E-state index contributed by atoms with van der Waals surface area (Å²) in [5.74, 6) is 0.151. The molecule has 1 rings (SSSR count). The molecule has 1 aromatic carbocycles. The number of hydrogen-bond donors (Lipinski definition) is 1. The SMILES string of the molecule is CCNC(CCCS(=O)(=O)CC)c1ccc(F)cc1I. The van der Waals surface area contributed by atoms with E-state index < -0.39 is 9.84 Å². The molecule has 0 aliphatic heterocycles. The highest BCUT2D eigenvalue weighted by atomic mass is 127. The molecule has 1 N–H and O–H groups in total. The second-order valence-corrected chi connectivity index (χ2v) is 8.29. The summed E-state index contributed by atoms with van der Waals surface area (Å²) in [6, 6.07) is 4.80. The number of sulfone groups is 1. The molecule has 6 heteroatoms. The lowest BCUT2D eigenvalue weighted by Gasteiger charge is -2.19. The van der Waals surface area contributed by atoms with Crippen molar-refractivity contribution in [3.8, 4) is 0 Å². The summed E-state index contributed by atoms with van der Waals surface area (Å²) < 4.78 is 37.0. The molecule has 1 unspecified atom stereocenters. The van der Waals surface area contributed by atoms with Gasteiger partial charge >= 0.3 is 0 Å². The first-order chi connectivity index (χ1) is 9.39. The number of hydrogen-bond acceptors (Lipinski definition) is 3. The van der Waals surface area contributed by atoms with E-state index in [0.717, 1.165) is 22.1 Å². The van der Waals surface area contributed by atoms with Crippen LogP contribution in [-0.4, -0.2) is 26.5 Å². The molecule has 0 aromatic heterocycles. The highest BCUT2D eigenvalue weighted by molar-refractivity contribution is 14.1. The molecule has 1 aromatic rings. The Morgan fingerprint density at radius 3 is 2.60 bits per heavy atom. The van der Waals surface area contributed by atoms with Gasteiger partial charge in [-0.05, 0) is 59.7 Å². The molecule has 0 fully saturated rings. The summed E-state index contributed by atoms with van der Waals surface area (Å²) in [4.78, 5) is 0. The molecule has 3 nitrogen and oxygen atoms in total. The van der Waals surface area contributed by atoms with Crippen LogP contribution in [0.1, 0.15) is 38.3 Å². The van der Waals surface area contributed by atoms with Crippen LogP contribution in [-0.2, 0) is 9.84 Å². The maximum atomic E-state index is 13.1. The highest BCUT2D eigenvalue weighted by Gasteiger charge is 2.15. The molecular formula is C14H21FINO2S. The summed E-state index contributed by atoms with van der Waals surface area (Å²) in [5, 5.41) is 3.34. The van der Waals surface area contributed by atoms with Crippen molar-refractivity contribution < 1.29 is 12.8 Å². The minimum absolute atomic E-state index is 0.0690. The molecule has 0 saturated heterocycles. The van der Waals surface area contributed by atoms with Crippen LogP contribution in [0.5, 0.6) is 0 Å². The highest BCUT2D eigenvalue weighted by Crippen LogP contribution is 2.25. The lowest BCUT2D eigenvalue weighted by molar-refractivity contribution is 0.503. The summed E-state index contributed by atoms with van der Waals surface area (Å²) in [7, 11) is -2.92. The van der Waals surface area contributed by atoms with E-state index in [2.05, 4.69) is 27.9 Å². The molecule has 0 saturated carbocycles. The quantitative estimate of drug-likeness (QED) is 0.666. The van der Waals surface area contributed by atoms with E-state index in [4.69, 9.17) is 0 Å². The van der Waals surface area contributed by atoms with Crippen molar-refractivity contribution in [2.45, 2.75) is 32.7 Å². The molecule has 0 heterocycles. The number of nitrogens with one attached hydrogen (secondary N) is 1. The summed E-state index contributed by atoms with van der Waals surface area (Å²) >= 11 is 2.12. The molecule has 0 amide bonds. The van der Waals surface area contributed by atoms with Crippen LogP contribution in [0.4, 0.5) is 4.39 Å². The zero-order valence-corrected chi connectivity index (χ0v) is 14.8. The van der Waals surface area contributed by atoms with Crippen molar-refractivity contribution in [2.24, 2.45) is 0 Å². The fraction of sp³-hybridized carbons (Fsp3) is 0.571. The van der Waals surface area contributed by atoms with Crippen LogP contribution in [0, 0.1) is 9.39 Å². The average Bonchev–Trinajstić information content (AvgIpc) is 2.38. The van der Waals surface area contributed by atoms with E-state index in [1.807, 2.05) is 6.92 Å². The smallest absolute Gasteiger partial charge is 0.150 e. The lowest BCUT2D eigenvalue weighted by atomic mass is 10.0. The number of benzene rings is 1. The Bertz CT molecular complexity index is 534. The van der Waals surface area contributed by atoms with Gasteiger partial charge in [-0.25, -0.2) is 12.8 Å². The van der Waals surface area contributed by atoms with Gasteiger partial charge in [-0.1, -0.05) is 19.9 Å². The Morgan fingerprint density at radius 1 is 1.35 bits per heavy atom. The van der Waals surface area contributed by atoms with Crippen LogP contribution >= 0.6 is 22.6 Å². The first kappa shape index (κ1) is 17.8. The Hall–Kier alpha value is -0.210. The zero-order valence-electron chi connectivity index (χ0n) is 11.8. The van der Waals surface area contributed by atoms with Crippen molar-refractivity contribution in [1.82, 2.24) is 5.32 Å². The molecule has 0 radical (unpaired) electrons. The Labute approximate surface area is 134 Å². The fourth-order valence-corrected chi connectivity index (χ4v) is 3.80. The largest absolute Gasteiger partial charge is 0.310 e. The minimum Gasteiger partial charge on any atom is -0.310 e. The van der Waals surface area contributed by atoms with Crippen LogP contribution in [0.3, 0.4) is 0 Å². The molecule has 0 spiro atoms. The molecule has 1 atom stereocenters. The van der Waals surface area contributed by atoms with Gasteiger partial charge < -0.3 is 5.32 Å². The molecule has 0 bridgehead atoms. The second kappa shape index (κ2) is 8.29. The first-order valence-electron chi connectivity index (χ1n) is 6.78. The van der Waals surface area contributed by atoms with E-state index in [9.17, 15) is 12.8 Å². The normalized spacial score (nSPS) is 13.4. The Morgan fingerprint density at radius 2 is 2.05 bits per heavy atom. The van der Waals surface area contributed by atoms with Crippen LogP contribution < -0.4 is 5.32 Å². The van der Waals surface area contributed by atoms with Gasteiger partial charge in [-0.3, -0.25) is 0 Å². The molecule has 0 aliphatic carbocycles. The second-order valence-electron chi connectivity index (χ2n) is 4.65. The van der Waals surface area contributed by atoms with Crippen LogP contribution in [0.15, 0.2) is 18.2 Å². The maximum absolute atomic E-state index is 13.1. The minimum atomic E-state index is -2.92. The predicted molar refractivity (Wildman–Crippen MR) is 89.1 cm³/mol. The zero-order chi connectivity index (χ0) is 15.2. The molecule has 20 heavy (non-hydrogen) atoms. The van der Waals surface area contributed by atoms with Gasteiger partial charge in [0.05, 0.1) is 5.75 Å². The van der Waals surface area contributed by atoms with Gasteiger partial charge in [0.2, 0.25) is 0 Å². The van der Waals surface area contributed by atoms with Gasteiger partial charge in [0.1, 0.15) is 15.7 Å². The summed E-state index contributed by atoms with van der Waals surface area (Å²) in [6.45, 7) is 4.46. The van der Waals surface area contributed by atoms with Crippen molar-refractivity contribution in [1.29, 1.82) is 0 Å². The third-order valence-corrected chi connectivity index (χ3v) is 5.90. The fourth-order valence-electron chi connectivity index (χ4n) is 2.05. The van der Waals surface area contributed by atoms with Gasteiger partial charge in [0.25, 0.3) is 0 Å². The van der Waals surface area contributed by atoms with Gasteiger partial charge in [-0.2, -0.15) is 0 Å². The Kier molecular flexibility index (Phi) is 7.39. The predicted octanol–water partition coefficient (Wildman–Crippen LogP) is 3.30. The molecule has 0 aliphatic rings. The molecular weight excluding hydrogens is 392 g/mol. The van der Waals surface area contributed by atoms with E-state index in [1.165, 1.54) is 12.1 Å². The monoisotopic (exact) mass is 413 g/mol. The topological polar surface area (TPSA) is 46.2 Å². The van der Waals surface area contributed by atoms with E-state index in [-0.39, 0.29) is 23.4 Å². The van der Waals surface area contributed by atoms with E-state index >= 15 is 0 Å². The van der Waals surface area contributed by atoms with E-state index in [1.54, 1.807) is 13.0 Å². The number of rotatable bonds is 8. The maximum Gasteiger partial charge on any atom is 0.150 e. The van der Waals surface area contributed by atoms with Crippen molar-refractivity contribution in [3.63, 3.8) is 0 Å². The van der Waals surface area contributed by atoms with Gasteiger partial charge in [-0.15, -0.1) is 0 Å². The first-order valence-corrected chi connectivity index (χ1v) is 9.68. The van der Waals surface area contributed by atoms with Gasteiger partial charge in [0, 0.05) is 15.4 Å². The van der Waals surface area contributed by atoms with Crippen LogP contribution in [0.2, 0.25) is 0 Å². The summed E-state index contributed by atoms with van der Waals surface area (Å²) in [5.41, 5.74) is 1.03. The third-order valence-electron chi connectivity index (χ3n) is 3.18.